The molecule has 0 aliphatic heterocycles. The maximum absolute atomic E-state index is 11.0. The summed E-state index contributed by atoms with van der Waals surface area (Å²) in [5.41, 5.74) is 3.07. The van der Waals surface area contributed by atoms with Crippen molar-refractivity contribution in [1.82, 2.24) is 0 Å². The second kappa shape index (κ2) is 6.23. The SMILES string of the molecule is CC(=O)CCc1cccc(-c2cccc(Cl)c2Cl)c1. The van der Waals surface area contributed by atoms with Gasteiger partial charge < -0.3 is 4.79 Å². The summed E-state index contributed by atoms with van der Waals surface area (Å²) >= 11 is 12.3. The molecule has 0 saturated carbocycles. The first-order valence-electron chi connectivity index (χ1n) is 6.10. The molecule has 0 spiro atoms. The highest BCUT2D eigenvalue weighted by Crippen LogP contribution is 2.33. The van der Waals surface area contributed by atoms with E-state index in [1.165, 1.54) is 0 Å². The summed E-state index contributed by atoms with van der Waals surface area (Å²) in [6.07, 6.45) is 1.31. The van der Waals surface area contributed by atoms with Crippen LogP contribution in [0, 0.1) is 0 Å². The minimum Gasteiger partial charge on any atom is -0.300 e. The second-order valence-electron chi connectivity index (χ2n) is 4.50. The summed E-state index contributed by atoms with van der Waals surface area (Å²) in [4.78, 5) is 11.0. The minimum atomic E-state index is 0.200. The van der Waals surface area contributed by atoms with Crippen LogP contribution in [0.4, 0.5) is 0 Å². The van der Waals surface area contributed by atoms with Gasteiger partial charge in [-0.15, -0.1) is 0 Å². The van der Waals surface area contributed by atoms with Gasteiger partial charge >= 0.3 is 0 Å². The van der Waals surface area contributed by atoms with E-state index in [0.29, 0.717) is 16.5 Å². The number of rotatable bonds is 4. The molecule has 0 radical (unpaired) electrons. The molecule has 0 fully saturated rings. The third-order valence-corrected chi connectivity index (χ3v) is 3.77. The van der Waals surface area contributed by atoms with Gasteiger partial charge in [-0.05, 0) is 30.5 Å². The van der Waals surface area contributed by atoms with Gasteiger partial charge in [0.05, 0.1) is 10.0 Å². The number of hydrogen-bond acceptors (Lipinski definition) is 1. The number of Topliss-reactive ketones (excluding diaryl/α,β-unsaturated/α-hetero) is 1. The van der Waals surface area contributed by atoms with Gasteiger partial charge in [-0.2, -0.15) is 0 Å². The van der Waals surface area contributed by atoms with Crippen LogP contribution in [0.3, 0.4) is 0 Å². The fourth-order valence-corrected chi connectivity index (χ4v) is 2.35. The average Bonchev–Trinajstić information content (AvgIpc) is 2.40. The zero-order valence-electron chi connectivity index (χ0n) is 10.6. The molecule has 0 aromatic heterocycles. The Hall–Kier alpha value is -1.31. The van der Waals surface area contributed by atoms with Crippen molar-refractivity contribution in [1.29, 1.82) is 0 Å². The lowest BCUT2D eigenvalue weighted by molar-refractivity contribution is -0.116. The van der Waals surface area contributed by atoms with E-state index in [2.05, 4.69) is 6.07 Å². The van der Waals surface area contributed by atoms with Gasteiger partial charge in [0.15, 0.2) is 0 Å². The first kappa shape index (κ1) is 14.1. The predicted octanol–water partition coefficient (Wildman–Crippen LogP) is 5.18. The highest BCUT2D eigenvalue weighted by Gasteiger charge is 2.07. The fraction of sp³-hybridized carbons (Fsp3) is 0.188. The number of ketones is 1. The Labute approximate surface area is 123 Å². The Kier molecular flexibility index (Phi) is 4.62. The smallest absolute Gasteiger partial charge is 0.130 e. The summed E-state index contributed by atoms with van der Waals surface area (Å²) < 4.78 is 0. The molecule has 0 saturated heterocycles. The number of carbonyl (C=O) groups excluding carboxylic acids is 1. The van der Waals surface area contributed by atoms with Crippen LogP contribution < -0.4 is 0 Å². The number of carbonyl (C=O) groups is 1. The van der Waals surface area contributed by atoms with Crippen molar-refractivity contribution in [2.24, 2.45) is 0 Å². The molecule has 2 aromatic rings. The Morgan fingerprint density at radius 2 is 1.84 bits per heavy atom. The van der Waals surface area contributed by atoms with Gasteiger partial charge in [0.1, 0.15) is 5.78 Å². The van der Waals surface area contributed by atoms with Crippen molar-refractivity contribution in [2.75, 3.05) is 0 Å². The standard InChI is InChI=1S/C16H14Cl2O/c1-11(19)8-9-12-4-2-5-13(10-12)14-6-3-7-15(17)16(14)18/h2-7,10H,8-9H2,1H3. The molecule has 0 bridgehead atoms. The maximum atomic E-state index is 11.0. The third-order valence-electron chi connectivity index (χ3n) is 2.96. The molecule has 0 amide bonds. The van der Waals surface area contributed by atoms with Gasteiger partial charge in [-0.1, -0.05) is 59.6 Å². The van der Waals surface area contributed by atoms with E-state index in [4.69, 9.17) is 23.2 Å². The first-order valence-corrected chi connectivity index (χ1v) is 6.86. The molecule has 1 nitrogen and oxygen atoms in total. The predicted molar refractivity (Wildman–Crippen MR) is 80.9 cm³/mol. The highest BCUT2D eigenvalue weighted by molar-refractivity contribution is 6.43. The molecule has 19 heavy (non-hydrogen) atoms. The van der Waals surface area contributed by atoms with Crippen molar-refractivity contribution < 1.29 is 4.79 Å². The Morgan fingerprint density at radius 1 is 1.11 bits per heavy atom. The number of benzene rings is 2. The molecule has 98 valence electrons. The van der Waals surface area contributed by atoms with Gasteiger partial charge in [0.25, 0.3) is 0 Å². The van der Waals surface area contributed by atoms with E-state index in [9.17, 15) is 4.79 Å². The van der Waals surface area contributed by atoms with Gasteiger partial charge in [-0.3, -0.25) is 0 Å². The normalized spacial score (nSPS) is 10.5. The summed E-state index contributed by atoms with van der Waals surface area (Å²) in [5, 5.41) is 1.11. The van der Waals surface area contributed by atoms with Crippen LogP contribution in [0.2, 0.25) is 10.0 Å². The van der Waals surface area contributed by atoms with Crippen LogP contribution >= 0.6 is 23.2 Å². The van der Waals surface area contributed by atoms with E-state index in [0.717, 1.165) is 23.1 Å². The average molecular weight is 293 g/mol. The van der Waals surface area contributed by atoms with E-state index in [1.54, 1.807) is 13.0 Å². The van der Waals surface area contributed by atoms with Crippen molar-refractivity contribution >= 4 is 29.0 Å². The third kappa shape index (κ3) is 3.59. The molecular formula is C16H14Cl2O. The maximum Gasteiger partial charge on any atom is 0.130 e. The van der Waals surface area contributed by atoms with Crippen LogP contribution in [0.5, 0.6) is 0 Å². The minimum absolute atomic E-state index is 0.200. The molecule has 0 heterocycles. The van der Waals surface area contributed by atoms with Crippen LogP contribution in [-0.2, 0) is 11.2 Å². The molecular weight excluding hydrogens is 279 g/mol. The molecule has 2 rings (SSSR count). The van der Waals surface area contributed by atoms with Crippen molar-refractivity contribution in [2.45, 2.75) is 19.8 Å². The van der Waals surface area contributed by atoms with Crippen molar-refractivity contribution in [3.05, 3.63) is 58.1 Å². The largest absolute Gasteiger partial charge is 0.300 e. The fourth-order valence-electron chi connectivity index (χ4n) is 1.94. The number of halogens is 2. The van der Waals surface area contributed by atoms with Crippen molar-refractivity contribution in [3.63, 3.8) is 0 Å². The number of hydrogen-bond donors (Lipinski definition) is 0. The summed E-state index contributed by atoms with van der Waals surface area (Å²) in [5.74, 6) is 0.200. The zero-order valence-corrected chi connectivity index (χ0v) is 12.1. The molecule has 0 aliphatic carbocycles. The van der Waals surface area contributed by atoms with Gasteiger partial charge in [-0.25, -0.2) is 0 Å². The van der Waals surface area contributed by atoms with E-state index in [-0.39, 0.29) is 5.78 Å². The molecule has 3 heteroatoms. The van der Waals surface area contributed by atoms with Crippen LogP contribution in [0.1, 0.15) is 18.9 Å². The Bertz CT molecular complexity index is 605. The quantitative estimate of drug-likeness (QED) is 0.759. The van der Waals surface area contributed by atoms with E-state index >= 15 is 0 Å². The highest BCUT2D eigenvalue weighted by atomic mass is 35.5. The molecule has 0 unspecified atom stereocenters. The first-order chi connectivity index (χ1) is 9.08. The van der Waals surface area contributed by atoms with E-state index in [1.807, 2.05) is 30.3 Å². The van der Waals surface area contributed by atoms with Crippen molar-refractivity contribution in [3.8, 4) is 11.1 Å². The molecule has 0 N–H and O–H groups in total. The monoisotopic (exact) mass is 292 g/mol. The van der Waals surface area contributed by atoms with Gasteiger partial charge in [0.2, 0.25) is 0 Å². The van der Waals surface area contributed by atoms with Crippen LogP contribution in [0.25, 0.3) is 11.1 Å². The zero-order chi connectivity index (χ0) is 13.8. The Balaban J connectivity index is 2.32. The lowest BCUT2D eigenvalue weighted by Gasteiger charge is -2.08. The summed E-state index contributed by atoms with van der Waals surface area (Å²) in [6, 6.07) is 13.6. The molecule has 0 atom stereocenters. The lowest BCUT2D eigenvalue weighted by atomic mass is 10.0. The van der Waals surface area contributed by atoms with E-state index < -0.39 is 0 Å². The lowest BCUT2D eigenvalue weighted by Crippen LogP contribution is -1.94. The van der Waals surface area contributed by atoms with Crippen LogP contribution in [0.15, 0.2) is 42.5 Å². The van der Waals surface area contributed by atoms with Crippen LogP contribution in [-0.4, -0.2) is 5.78 Å². The summed E-state index contributed by atoms with van der Waals surface area (Å²) in [7, 11) is 0. The second-order valence-corrected chi connectivity index (χ2v) is 5.29. The molecule has 2 aromatic carbocycles. The molecule has 0 aliphatic rings. The summed E-state index contributed by atoms with van der Waals surface area (Å²) in [6.45, 7) is 1.61. The number of aryl methyl sites for hydroxylation is 1. The topological polar surface area (TPSA) is 17.1 Å². The Morgan fingerprint density at radius 3 is 2.58 bits per heavy atom. The van der Waals surface area contributed by atoms with Gasteiger partial charge in [0, 0.05) is 12.0 Å².